The Morgan fingerprint density at radius 2 is 1.58 bits per heavy atom. The predicted octanol–water partition coefficient (Wildman–Crippen LogP) is 5.37. The van der Waals surface area contributed by atoms with Crippen molar-refractivity contribution in [1.29, 1.82) is 0 Å². The molecular formula is C24H16F3N3O. The topological polar surface area (TPSA) is 50.9 Å². The summed E-state index contributed by atoms with van der Waals surface area (Å²) in [7, 11) is 0. The van der Waals surface area contributed by atoms with Gasteiger partial charge in [0.2, 0.25) is 5.60 Å². The molecule has 0 radical (unpaired) electrons. The lowest BCUT2D eigenvalue weighted by atomic mass is 9.82. The van der Waals surface area contributed by atoms with E-state index in [4.69, 9.17) is 0 Å². The van der Waals surface area contributed by atoms with E-state index in [0.717, 1.165) is 0 Å². The van der Waals surface area contributed by atoms with Crippen molar-refractivity contribution < 1.29 is 18.3 Å². The molecule has 2 heterocycles. The van der Waals surface area contributed by atoms with Crippen LogP contribution in [0.25, 0.3) is 27.5 Å². The fraction of sp³-hybridized carbons (Fsp3) is 0.0833. The number of benzene rings is 3. The molecule has 0 aliphatic rings. The Hall–Kier alpha value is -3.71. The SMILES string of the molecule is OC(c1ccc2c(cnn2-c2ccccn2)c1)(c1cccc2ccccc12)C(F)(F)F. The number of rotatable bonds is 3. The number of aliphatic hydroxyl groups is 1. The van der Waals surface area contributed by atoms with E-state index >= 15 is 0 Å². The molecular weight excluding hydrogens is 403 g/mol. The van der Waals surface area contributed by atoms with Gasteiger partial charge in [-0.15, -0.1) is 0 Å². The summed E-state index contributed by atoms with van der Waals surface area (Å²) >= 11 is 0. The highest BCUT2D eigenvalue weighted by Crippen LogP contribution is 2.47. The molecule has 3 aromatic carbocycles. The fourth-order valence-corrected chi connectivity index (χ4v) is 3.93. The van der Waals surface area contributed by atoms with Gasteiger partial charge in [0.1, 0.15) is 0 Å². The molecule has 0 aliphatic heterocycles. The van der Waals surface area contributed by atoms with Crippen LogP contribution in [-0.2, 0) is 5.60 Å². The molecule has 2 aromatic heterocycles. The van der Waals surface area contributed by atoms with Crippen LogP contribution in [0.5, 0.6) is 0 Å². The minimum atomic E-state index is -4.94. The summed E-state index contributed by atoms with van der Waals surface area (Å²) in [6, 6.07) is 20.7. The van der Waals surface area contributed by atoms with Gasteiger partial charge < -0.3 is 5.11 Å². The molecule has 0 saturated heterocycles. The average molecular weight is 419 g/mol. The van der Waals surface area contributed by atoms with Crippen molar-refractivity contribution in [1.82, 2.24) is 14.8 Å². The maximum Gasteiger partial charge on any atom is 0.425 e. The highest BCUT2D eigenvalue weighted by Gasteiger charge is 2.57. The molecule has 0 saturated carbocycles. The van der Waals surface area contributed by atoms with Gasteiger partial charge in [0.25, 0.3) is 0 Å². The number of nitrogens with zero attached hydrogens (tertiary/aromatic N) is 3. The van der Waals surface area contributed by atoms with E-state index < -0.39 is 11.8 Å². The molecule has 5 rings (SSSR count). The molecule has 1 unspecified atom stereocenters. The first kappa shape index (κ1) is 19.3. The predicted molar refractivity (Wildman–Crippen MR) is 112 cm³/mol. The normalized spacial score (nSPS) is 14.1. The molecule has 31 heavy (non-hydrogen) atoms. The maximum atomic E-state index is 14.4. The highest BCUT2D eigenvalue weighted by molar-refractivity contribution is 5.88. The first-order valence-electron chi connectivity index (χ1n) is 9.56. The molecule has 0 amide bonds. The number of halogens is 3. The van der Waals surface area contributed by atoms with Gasteiger partial charge >= 0.3 is 6.18 Å². The van der Waals surface area contributed by atoms with E-state index in [9.17, 15) is 18.3 Å². The maximum absolute atomic E-state index is 14.4. The van der Waals surface area contributed by atoms with Crippen LogP contribution in [0.3, 0.4) is 0 Å². The summed E-state index contributed by atoms with van der Waals surface area (Å²) in [4.78, 5) is 4.23. The fourth-order valence-electron chi connectivity index (χ4n) is 3.93. The molecule has 4 nitrogen and oxygen atoms in total. The van der Waals surface area contributed by atoms with E-state index in [1.165, 1.54) is 36.5 Å². The summed E-state index contributed by atoms with van der Waals surface area (Å²) < 4.78 is 44.7. The van der Waals surface area contributed by atoms with E-state index in [1.807, 2.05) is 0 Å². The van der Waals surface area contributed by atoms with Crippen LogP contribution >= 0.6 is 0 Å². The summed E-state index contributed by atoms with van der Waals surface area (Å²) in [5.74, 6) is 0.547. The quantitative estimate of drug-likeness (QED) is 0.428. The van der Waals surface area contributed by atoms with Gasteiger partial charge in [-0.2, -0.15) is 18.3 Å². The first-order valence-corrected chi connectivity index (χ1v) is 9.56. The summed E-state index contributed by atoms with van der Waals surface area (Å²) in [5.41, 5.74) is -3.08. The van der Waals surface area contributed by atoms with Crippen LogP contribution in [0, 0.1) is 0 Å². The summed E-state index contributed by atoms with van der Waals surface area (Å²) in [6.07, 6.45) is -1.87. The number of pyridine rings is 1. The van der Waals surface area contributed by atoms with Gasteiger partial charge in [-0.3, -0.25) is 0 Å². The monoisotopic (exact) mass is 419 g/mol. The molecule has 1 atom stereocenters. The third kappa shape index (κ3) is 2.97. The van der Waals surface area contributed by atoms with Crippen molar-refractivity contribution >= 4 is 21.7 Å². The smallest absolute Gasteiger partial charge is 0.372 e. The van der Waals surface area contributed by atoms with Crippen LogP contribution in [0.4, 0.5) is 13.2 Å². The van der Waals surface area contributed by atoms with Crippen LogP contribution in [-0.4, -0.2) is 26.0 Å². The summed E-state index contributed by atoms with van der Waals surface area (Å²) in [6.45, 7) is 0. The molecule has 1 N–H and O–H groups in total. The average Bonchev–Trinajstić information content (AvgIpc) is 3.21. The van der Waals surface area contributed by atoms with Crippen molar-refractivity contribution in [2.45, 2.75) is 11.8 Å². The molecule has 0 fully saturated rings. The zero-order chi connectivity index (χ0) is 21.6. The van der Waals surface area contributed by atoms with Gasteiger partial charge in [0, 0.05) is 17.1 Å². The standard InChI is InChI=1S/C24H16F3N3O/c25-24(26,27)23(31,20-9-5-7-16-6-1-2-8-19(16)20)18-11-12-21-17(14-18)15-29-30(21)22-10-3-4-13-28-22/h1-15,31H. The Morgan fingerprint density at radius 1 is 0.806 bits per heavy atom. The van der Waals surface area contributed by atoms with Crippen molar-refractivity contribution in [3.63, 3.8) is 0 Å². The molecule has 5 aromatic rings. The van der Waals surface area contributed by atoms with Gasteiger partial charge in [-0.05, 0) is 40.6 Å². The van der Waals surface area contributed by atoms with Gasteiger partial charge in [-0.25, -0.2) is 9.67 Å². The van der Waals surface area contributed by atoms with Crippen LogP contribution in [0.2, 0.25) is 0 Å². The van der Waals surface area contributed by atoms with Gasteiger partial charge in [-0.1, -0.05) is 54.6 Å². The Labute approximate surface area is 175 Å². The van der Waals surface area contributed by atoms with Gasteiger partial charge in [0.05, 0.1) is 11.7 Å². The van der Waals surface area contributed by atoms with Crippen LogP contribution < -0.4 is 0 Å². The third-order valence-electron chi connectivity index (χ3n) is 5.44. The minimum absolute atomic E-state index is 0.213. The third-order valence-corrected chi connectivity index (χ3v) is 5.44. The minimum Gasteiger partial charge on any atom is -0.372 e. The molecule has 154 valence electrons. The van der Waals surface area contributed by atoms with Crippen LogP contribution in [0.1, 0.15) is 11.1 Å². The lowest BCUT2D eigenvalue weighted by Gasteiger charge is -2.32. The number of hydrogen-bond donors (Lipinski definition) is 1. The Balaban J connectivity index is 1.73. The second kappa shape index (κ2) is 6.92. The first-order chi connectivity index (χ1) is 14.9. The second-order valence-electron chi connectivity index (χ2n) is 7.25. The van der Waals surface area contributed by atoms with E-state index in [1.54, 1.807) is 59.4 Å². The van der Waals surface area contributed by atoms with E-state index in [2.05, 4.69) is 10.1 Å². The molecule has 0 aliphatic carbocycles. The molecule has 0 spiro atoms. The highest BCUT2D eigenvalue weighted by atomic mass is 19.4. The van der Waals surface area contributed by atoms with Crippen molar-refractivity contribution in [2.75, 3.05) is 0 Å². The number of fused-ring (bicyclic) bond motifs is 2. The zero-order valence-corrected chi connectivity index (χ0v) is 16.1. The number of alkyl halides is 3. The largest absolute Gasteiger partial charge is 0.425 e. The van der Waals surface area contributed by atoms with Crippen molar-refractivity contribution in [3.05, 3.63) is 102 Å². The lowest BCUT2D eigenvalue weighted by molar-refractivity contribution is -0.247. The zero-order valence-electron chi connectivity index (χ0n) is 16.1. The number of hydrogen-bond acceptors (Lipinski definition) is 3. The molecule has 7 heteroatoms. The molecule has 0 bridgehead atoms. The second-order valence-corrected chi connectivity index (χ2v) is 7.25. The Morgan fingerprint density at radius 3 is 2.35 bits per heavy atom. The van der Waals surface area contributed by atoms with Crippen LogP contribution in [0.15, 0.2) is 91.3 Å². The van der Waals surface area contributed by atoms with E-state index in [-0.39, 0.29) is 11.1 Å². The van der Waals surface area contributed by atoms with Crippen molar-refractivity contribution in [2.24, 2.45) is 0 Å². The van der Waals surface area contributed by atoms with Gasteiger partial charge in [0.15, 0.2) is 5.82 Å². The van der Waals surface area contributed by atoms with Crippen molar-refractivity contribution in [3.8, 4) is 5.82 Å². The lowest BCUT2D eigenvalue weighted by Crippen LogP contribution is -2.43. The Kier molecular flexibility index (Phi) is 4.30. The Bertz CT molecular complexity index is 1390. The van der Waals surface area contributed by atoms with E-state index in [0.29, 0.717) is 27.5 Å². The number of aromatic nitrogens is 3. The summed E-state index contributed by atoms with van der Waals surface area (Å²) in [5, 5.41) is 16.9.